The van der Waals surface area contributed by atoms with Crippen LogP contribution in [0, 0.1) is 17.8 Å². The van der Waals surface area contributed by atoms with E-state index in [4.69, 9.17) is 5.73 Å². The molecular formula is C13H21N3O2. The standard InChI is InChI=1S/C13H21N3O2/c14-12(17)7-16(11-1-2-15-6-11)13(18)10-4-8-3-9(8)5-10/h8-11,15H,1-7H2,(H2,14,17). The number of hydrogen-bond donors (Lipinski definition) is 2. The number of fused-ring (bicyclic) bond motifs is 1. The molecule has 1 aliphatic heterocycles. The summed E-state index contributed by atoms with van der Waals surface area (Å²) in [6.45, 7) is 1.79. The van der Waals surface area contributed by atoms with Crippen LogP contribution in [-0.4, -0.2) is 42.4 Å². The van der Waals surface area contributed by atoms with E-state index in [1.165, 1.54) is 6.42 Å². The fraction of sp³-hybridized carbons (Fsp3) is 0.846. The lowest BCUT2D eigenvalue weighted by Gasteiger charge is -2.30. The fourth-order valence-electron chi connectivity index (χ4n) is 3.61. The molecule has 0 aromatic heterocycles. The number of carbonyl (C=O) groups excluding carboxylic acids is 2. The second-order valence-corrected chi connectivity index (χ2v) is 6.00. The Morgan fingerprint density at radius 2 is 1.94 bits per heavy atom. The number of primary amides is 1. The minimum absolute atomic E-state index is 0.0804. The Morgan fingerprint density at radius 1 is 1.22 bits per heavy atom. The van der Waals surface area contributed by atoms with Crippen LogP contribution in [0.3, 0.4) is 0 Å². The van der Waals surface area contributed by atoms with Gasteiger partial charge in [0.05, 0.1) is 6.54 Å². The summed E-state index contributed by atoms with van der Waals surface area (Å²) >= 11 is 0. The van der Waals surface area contributed by atoms with Gasteiger partial charge in [-0.1, -0.05) is 0 Å². The average Bonchev–Trinajstić information content (AvgIpc) is 2.82. The van der Waals surface area contributed by atoms with Crippen molar-refractivity contribution < 1.29 is 9.59 Å². The van der Waals surface area contributed by atoms with Crippen molar-refractivity contribution in [3.05, 3.63) is 0 Å². The maximum absolute atomic E-state index is 12.5. The van der Waals surface area contributed by atoms with Crippen molar-refractivity contribution in [3.63, 3.8) is 0 Å². The monoisotopic (exact) mass is 251 g/mol. The van der Waals surface area contributed by atoms with Gasteiger partial charge in [0.25, 0.3) is 0 Å². The molecule has 0 radical (unpaired) electrons. The molecular weight excluding hydrogens is 230 g/mol. The molecule has 0 aromatic rings. The molecule has 3 N–H and O–H groups in total. The van der Waals surface area contributed by atoms with E-state index in [2.05, 4.69) is 5.32 Å². The molecule has 3 aliphatic rings. The van der Waals surface area contributed by atoms with Crippen LogP contribution in [-0.2, 0) is 9.59 Å². The molecule has 100 valence electrons. The zero-order valence-corrected chi connectivity index (χ0v) is 10.6. The number of nitrogens with two attached hydrogens (primary N) is 1. The minimum atomic E-state index is -0.404. The van der Waals surface area contributed by atoms with Crippen LogP contribution in [0.1, 0.15) is 25.7 Å². The third kappa shape index (κ3) is 2.23. The van der Waals surface area contributed by atoms with Crippen molar-refractivity contribution in [1.82, 2.24) is 10.2 Å². The van der Waals surface area contributed by atoms with Crippen LogP contribution >= 0.6 is 0 Å². The summed E-state index contributed by atoms with van der Waals surface area (Å²) in [5, 5.41) is 3.24. The molecule has 5 heteroatoms. The Labute approximate surface area is 107 Å². The molecule has 2 amide bonds. The molecule has 2 saturated carbocycles. The van der Waals surface area contributed by atoms with Gasteiger partial charge in [0.15, 0.2) is 0 Å². The predicted molar refractivity (Wildman–Crippen MR) is 66.5 cm³/mol. The van der Waals surface area contributed by atoms with Gasteiger partial charge < -0.3 is 16.0 Å². The van der Waals surface area contributed by atoms with Crippen molar-refractivity contribution in [2.75, 3.05) is 19.6 Å². The van der Waals surface area contributed by atoms with E-state index in [0.717, 1.165) is 44.2 Å². The number of carbonyl (C=O) groups is 2. The zero-order chi connectivity index (χ0) is 12.7. The van der Waals surface area contributed by atoms with Gasteiger partial charge >= 0.3 is 0 Å². The lowest BCUT2D eigenvalue weighted by atomic mass is 10.0. The molecule has 2 aliphatic carbocycles. The summed E-state index contributed by atoms with van der Waals surface area (Å²) in [4.78, 5) is 25.4. The van der Waals surface area contributed by atoms with E-state index < -0.39 is 5.91 Å². The van der Waals surface area contributed by atoms with Crippen LogP contribution in [0.25, 0.3) is 0 Å². The van der Waals surface area contributed by atoms with Gasteiger partial charge in [-0.05, 0) is 44.1 Å². The summed E-state index contributed by atoms with van der Waals surface area (Å²) in [6, 6.07) is 0.155. The van der Waals surface area contributed by atoms with Crippen molar-refractivity contribution in [3.8, 4) is 0 Å². The minimum Gasteiger partial charge on any atom is -0.368 e. The molecule has 0 bridgehead atoms. The Hall–Kier alpha value is -1.10. The second-order valence-electron chi connectivity index (χ2n) is 6.00. The van der Waals surface area contributed by atoms with Gasteiger partial charge in [0, 0.05) is 18.5 Å². The molecule has 5 nitrogen and oxygen atoms in total. The summed E-state index contributed by atoms with van der Waals surface area (Å²) < 4.78 is 0. The lowest BCUT2D eigenvalue weighted by molar-refractivity contribution is -0.141. The van der Waals surface area contributed by atoms with Gasteiger partial charge in [-0.3, -0.25) is 9.59 Å². The molecule has 3 fully saturated rings. The Kier molecular flexibility index (Phi) is 3.01. The Balaban J connectivity index is 1.66. The fourth-order valence-corrected chi connectivity index (χ4v) is 3.61. The summed E-state index contributed by atoms with van der Waals surface area (Å²) in [6.07, 6.45) is 4.29. The summed E-state index contributed by atoms with van der Waals surface area (Å²) in [5.41, 5.74) is 5.28. The zero-order valence-electron chi connectivity index (χ0n) is 10.6. The maximum atomic E-state index is 12.5. The SMILES string of the molecule is NC(=O)CN(C(=O)C1CC2CC2C1)C1CCNC1. The smallest absolute Gasteiger partial charge is 0.237 e. The first-order chi connectivity index (χ1) is 8.65. The lowest BCUT2D eigenvalue weighted by Crippen LogP contribution is -2.48. The molecule has 0 aromatic carbocycles. The van der Waals surface area contributed by atoms with E-state index in [1.54, 1.807) is 4.90 Å². The van der Waals surface area contributed by atoms with Crippen molar-refractivity contribution in [2.45, 2.75) is 31.7 Å². The molecule has 18 heavy (non-hydrogen) atoms. The quantitative estimate of drug-likeness (QED) is 0.721. The van der Waals surface area contributed by atoms with Gasteiger partial charge in [-0.2, -0.15) is 0 Å². The number of amides is 2. The van der Waals surface area contributed by atoms with Crippen LogP contribution in [0.4, 0.5) is 0 Å². The summed E-state index contributed by atoms with van der Waals surface area (Å²) in [7, 11) is 0. The Bertz CT molecular complexity index is 355. The molecule has 3 rings (SSSR count). The van der Waals surface area contributed by atoms with Crippen molar-refractivity contribution in [2.24, 2.45) is 23.5 Å². The normalized spacial score (nSPS) is 37.3. The highest BCUT2D eigenvalue weighted by atomic mass is 16.2. The van der Waals surface area contributed by atoms with Crippen molar-refractivity contribution in [1.29, 1.82) is 0 Å². The molecule has 1 saturated heterocycles. The number of nitrogens with zero attached hydrogens (tertiary/aromatic N) is 1. The second kappa shape index (κ2) is 4.53. The van der Waals surface area contributed by atoms with Crippen molar-refractivity contribution >= 4 is 11.8 Å². The predicted octanol–water partition coefficient (Wildman–Crippen LogP) is -0.292. The van der Waals surface area contributed by atoms with Gasteiger partial charge in [0.2, 0.25) is 11.8 Å². The molecule has 3 atom stereocenters. The number of nitrogens with one attached hydrogen (secondary N) is 1. The largest absolute Gasteiger partial charge is 0.368 e. The van der Waals surface area contributed by atoms with Crippen LogP contribution < -0.4 is 11.1 Å². The van der Waals surface area contributed by atoms with Crippen LogP contribution in [0.2, 0.25) is 0 Å². The highest BCUT2D eigenvalue weighted by molar-refractivity contribution is 5.85. The van der Waals surface area contributed by atoms with E-state index in [9.17, 15) is 9.59 Å². The van der Waals surface area contributed by atoms with E-state index in [-0.39, 0.29) is 24.4 Å². The van der Waals surface area contributed by atoms with Gasteiger partial charge in [0.1, 0.15) is 0 Å². The van der Waals surface area contributed by atoms with E-state index in [0.29, 0.717) is 0 Å². The third-order valence-corrected chi connectivity index (χ3v) is 4.68. The topological polar surface area (TPSA) is 75.4 Å². The number of rotatable bonds is 4. The van der Waals surface area contributed by atoms with Crippen LogP contribution in [0.15, 0.2) is 0 Å². The maximum Gasteiger partial charge on any atom is 0.237 e. The molecule has 3 unspecified atom stereocenters. The Morgan fingerprint density at radius 3 is 2.50 bits per heavy atom. The first-order valence-corrected chi connectivity index (χ1v) is 6.94. The molecule has 0 spiro atoms. The highest BCUT2D eigenvalue weighted by Crippen LogP contribution is 2.54. The van der Waals surface area contributed by atoms with Crippen LogP contribution in [0.5, 0.6) is 0 Å². The van der Waals surface area contributed by atoms with Gasteiger partial charge in [-0.15, -0.1) is 0 Å². The first-order valence-electron chi connectivity index (χ1n) is 6.94. The third-order valence-electron chi connectivity index (χ3n) is 4.68. The average molecular weight is 251 g/mol. The summed E-state index contributed by atoms with van der Waals surface area (Å²) in [5.74, 6) is 1.48. The molecule has 1 heterocycles. The first kappa shape index (κ1) is 12.0. The highest BCUT2D eigenvalue weighted by Gasteiger charge is 2.49. The number of hydrogen-bond acceptors (Lipinski definition) is 3. The van der Waals surface area contributed by atoms with Gasteiger partial charge in [-0.25, -0.2) is 0 Å². The van der Waals surface area contributed by atoms with E-state index in [1.807, 2.05) is 0 Å². The van der Waals surface area contributed by atoms with E-state index >= 15 is 0 Å².